The van der Waals surface area contributed by atoms with Crippen LogP contribution in [0, 0.1) is 0 Å². The van der Waals surface area contributed by atoms with Gasteiger partial charge in [-0.15, -0.1) is 0 Å². The first-order valence-electron chi connectivity index (χ1n) is 8.67. The van der Waals surface area contributed by atoms with Crippen molar-refractivity contribution in [1.29, 1.82) is 0 Å². The molecular weight excluding hydrogens is 344 g/mol. The molecule has 0 amide bonds. The maximum Gasteiger partial charge on any atom is 0.281 e. The number of fused-ring (bicyclic) bond motifs is 3. The van der Waals surface area contributed by atoms with Crippen LogP contribution in [0.4, 0.5) is 0 Å². The van der Waals surface area contributed by atoms with Crippen molar-refractivity contribution in [3.05, 3.63) is 58.1 Å². The van der Waals surface area contributed by atoms with Crippen molar-refractivity contribution in [2.24, 2.45) is 0 Å². The summed E-state index contributed by atoms with van der Waals surface area (Å²) in [5.74, 6) is 2.43. The van der Waals surface area contributed by atoms with Gasteiger partial charge in [-0.1, -0.05) is 12.1 Å². The quantitative estimate of drug-likeness (QED) is 0.710. The molecule has 138 valence electrons. The predicted octanol–water partition coefficient (Wildman–Crippen LogP) is 3.37. The third-order valence-electron chi connectivity index (χ3n) is 4.84. The molecule has 0 saturated carbocycles. The topological polar surface area (TPSA) is 62.6 Å². The van der Waals surface area contributed by atoms with Crippen LogP contribution in [0.1, 0.15) is 17.8 Å². The average Bonchev–Trinajstić information content (AvgIpc) is 3.10. The maximum absolute atomic E-state index is 12.4. The molecule has 0 radical (unpaired) electrons. The van der Waals surface area contributed by atoms with E-state index in [1.807, 2.05) is 42.5 Å². The summed E-state index contributed by atoms with van der Waals surface area (Å²) in [4.78, 5) is 16.8. The third-order valence-corrected chi connectivity index (χ3v) is 4.84. The van der Waals surface area contributed by atoms with Gasteiger partial charge in [0.05, 0.1) is 32.2 Å². The van der Waals surface area contributed by atoms with Crippen LogP contribution >= 0.6 is 0 Å². The average molecular weight is 364 g/mol. The summed E-state index contributed by atoms with van der Waals surface area (Å²) in [6.45, 7) is 0.782. The second kappa shape index (κ2) is 6.79. The van der Waals surface area contributed by atoms with Gasteiger partial charge in [-0.2, -0.15) is 4.98 Å². The SMILES string of the molecule is COc1ccc(C=C2CCn3c2nc(=O)c2ccccc23)c(OC)c1OC. The Balaban J connectivity index is 1.89. The van der Waals surface area contributed by atoms with Gasteiger partial charge < -0.3 is 18.8 Å². The molecule has 4 rings (SSSR count). The number of aryl methyl sites for hydroxylation is 1. The Hall–Kier alpha value is -3.28. The number of nitrogens with zero attached hydrogens (tertiary/aromatic N) is 2. The Morgan fingerprint density at radius 1 is 1.00 bits per heavy atom. The Bertz CT molecular complexity index is 1120. The minimum Gasteiger partial charge on any atom is -0.493 e. The number of methoxy groups -OCH3 is 3. The van der Waals surface area contributed by atoms with Crippen LogP contribution in [-0.2, 0) is 6.54 Å². The van der Waals surface area contributed by atoms with Gasteiger partial charge in [0.2, 0.25) is 5.75 Å². The van der Waals surface area contributed by atoms with Gasteiger partial charge >= 0.3 is 0 Å². The Morgan fingerprint density at radius 3 is 2.52 bits per heavy atom. The number of aromatic nitrogens is 2. The molecule has 0 saturated heterocycles. The number of benzene rings is 2. The van der Waals surface area contributed by atoms with E-state index in [0.29, 0.717) is 28.5 Å². The highest BCUT2D eigenvalue weighted by Crippen LogP contribution is 2.41. The van der Waals surface area contributed by atoms with E-state index >= 15 is 0 Å². The van der Waals surface area contributed by atoms with E-state index in [-0.39, 0.29) is 5.56 Å². The fraction of sp³-hybridized carbons (Fsp3) is 0.238. The van der Waals surface area contributed by atoms with E-state index in [1.165, 1.54) is 0 Å². The zero-order valence-corrected chi connectivity index (χ0v) is 15.5. The molecule has 3 aromatic rings. The van der Waals surface area contributed by atoms with Crippen molar-refractivity contribution >= 4 is 22.6 Å². The maximum atomic E-state index is 12.4. The summed E-state index contributed by atoms with van der Waals surface area (Å²) in [7, 11) is 4.76. The highest BCUT2D eigenvalue weighted by molar-refractivity contribution is 5.87. The van der Waals surface area contributed by atoms with E-state index in [9.17, 15) is 4.79 Å². The molecular formula is C21H20N2O4. The normalized spacial score (nSPS) is 14.4. The lowest BCUT2D eigenvalue weighted by Gasteiger charge is -2.14. The van der Waals surface area contributed by atoms with Gasteiger partial charge in [0, 0.05) is 12.1 Å². The molecule has 1 aliphatic rings. The molecule has 0 N–H and O–H groups in total. The number of ether oxygens (including phenoxy) is 3. The van der Waals surface area contributed by atoms with Crippen LogP contribution in [0.3, 0.4) is 0 Å². The van der Waals surface area contributed by atoms with Gasteiger partial charge in [0.25, 0.3) is 5.56 Å². The van der Waals surface area contributed by atoms with Gasteiger partial charge in [0.1, 0.15) is 5.82 Å². The van der Waals surface area contributed by atoms with E-state index in [1.54, 1.807) is 21.3 Å². The van der Waals surface area contributed by atoms with E-state index in [4.69, 9.17) is 14.2 Å². The van der Waals surface area contributed by atoms with Crippen LogP contribution in [0.25, 0.3) is 22.6 Å². The minimum absolute atomic E-state index is 0.205. The first-order valence-corrected chi connectivity index (χ1v) is 8.67. The van der Waals surface area contributed by atoms with E-state index in [0.717, 1.165) is 29.6 Å². The van der Waals surface area contributed by atoms with Gasteiger partial charge in [0.15, 0.2) is 11.5 Å². The predicted molar refractivity (Wildman–Crippen MR) is 105 cm³/mol. The van der Waals surface area contributed by atoms with Crippen LogP contribution in [0.15, 0.2) is 41.2 Å². The highest BCUT2D eigenvalue weighted by Gasteiger charge is 2.22. The molecule has 0 unspecified atom stereocenters. The van der Waals surface area contributed by atoms with Gasteiger partial charge in [-0.25, -0.2) is 0 Å². The number of allylic oxidation sites excluding steroid dienone is 1. The Morgan fingerprint density at radius 2 is 1.78 bits per heavy atom. The molecule has 6 nitrogen and oxygen atoms in total. The summed E-state index contributed by atoms with van der Waals surface area (Å²) >= 11 is 0. The molecule has 0 aliphatic carbocycles. The van der Waals surface area contributed by atoms with E-state index < -0.39 is 0 Å². The molecule has 2 heterocycles. The largest absolute Gasteiger partial charge is 0.493 e. The fourth-order valence-corrected chi connectivity index (χ4v) is 3.60. The van der Waals surface area contributed by atoms with Crippen LogP contribution in [-0.4, -0.2) is 30.9 Å². The zero-order chi connectivity index (χ0) is 19.0. The van der Waals surface area contributed by atoms with Crippen molar-refractivity contribution in [2.45, 2.75) is 13.0 Å². The second-order valence-corrected chi connectivity index (χ2v) is 6.25. The summed E-state index contributed by atoms with van der Waals surface area (Å²) < 4.78 is 18.5. The molecule has 0 fully saturated rings. The van der Waals surface area contributed by atoms with Crippen LogP contribution in [0.5, 0.6) is 17.2 Å². The molecule has 27 heavy (non-hydrogen) atoms. The first-order chi connectivity index (χ1) is 13.2. The number of rotatable bonds is 4. The molecule has 0 spiro atoms. The van der Waals surface area contributed by atoms with E-state index in [2.05, 4.69) is 9.55 Å². The number of hydrogen-bond donors (Lipinski definition) is 0. The summed E-state index contributed by atoms with van der Waals surface area (Å²) in [6, 6.07) is 11.3. The zero-order valence-electron chi connectivity index (χ0n) is 15.5. The first kappa shape index (κ1) is 17.1. The van der Waals surface area contributed by atoms with Crippen LogP contribution < -0.4 is 19.8 Å². The lowest BCUT2D eigenvalue weighted by Crippen LogP contribution is -2.14. The molecule has 0 atom stereocenters. The van der Waals surface area contributed by atoms with Crippen LogP contribution in [0.2, 0.25) is 0 Å². The summed E-state index contributed by atoms with van der Waals surface area (Å²) in [6.07, 6.45) is 2.79. The second-order valence-electron chi connectivity index (χ2n) is 6.25. The standard InChI is InChI=1S/C21H20N2O4/c1-25-17-9-8-13(18(26-2)19(17)27-3)12-14-10-11-23-16-7-5-4-6-15(16)21(24)22-20(14)23/h4-9,12H,10-11H2,1-3H3. The lowest BCUT2D eigenvalue weighted by molar-refractivity contribution is 0.324. The van der Waals surface area contributed by atoms with Gasteiger partial charge in [-0.05, 0) is 42.3 Å². The molecule has 0 bridgehead atoms. The molecule has 2 aromatic carbocycles. The Kier molecular flexibility index (Phi) is 4.32. The van der Waals surface area contributed by atoms with Crippen molar-refractivity contribution < 1.29 is 14.2 Å². The van der Waals surface area contributed by atoms with Crippen molar-refractivity contribution in [1.82, 2.24) is 9.55 Å². The monoisotopic (exact) mass is 364 g/mol. The molecule has 1 aliphatic heterocycles. The molecule has 6 heteroatoms. The minimum atomic E-state index is -0.205. The number of para-hydroxylation sites is 1. The van der Waals surface area contributed by atoms with Crippen molar-refractivity contribution in [3.63, 3.8) is 0 Å². The fourth-order valence-electron chi connectivity index (χ4n) is 3.60. The third kappa shape index (κ3) is 2.73. The van der Waals surface area contributed by atoms with Crippen molar-refractivity contribution in [2.75, 3.05) is 21.3 Å². The van der Waals surface area contributed by atoms with Gasteiger partial charge in [-0.3, -0.25) is 4.79 Å². The highest BCUT2D eigenvalue weighted by atomic mass is 16.5. The molecule has 1 aromatic heterocycles. The smallest absolute Gasteiger partial charge is 0.281 e. The summed E-state index contributed by atoms with van der Waals surface area (Å²) in [5.41, 5.74) is 2.54. The van der Waals surface area contributed by atoms with Crippen molar-refractivity contribution in [3.8, 4) is 17.2 Å². The summed E-state index contributed by atoms with van der Waals surface area (Å²) in [5, 5.41) is 0.645. The Labute approximate surface area is 156 Å². The lowest BCUT2D eigenvalue weighted by atomic mass is 10.1. The number of hydrogen-bond acceptors (Lipinski definition) is 5.